The van der Waals surface area contributed by atoms with Gasteiger partial charge in [-0.05, 0) is 49.2 Å². The van der Waals surface area contributed by atoms with Crippen LogP contribution in [0.5, 0.6) is 0 Å². The molecule has 0 aliphatic carbocycles. The summed E-state index contributed by atoms with van der Waals surface area (Å²) in [5.41, 5.74) is 2.36. The lowest BCUT2D eigenvalue weighted by Gasteiger charge is -2.21. The lowest BCUT2D eigenvalue weighted by molar-refractivity contribution is 0.557. The van der Waals surface area contributed by atoms with Crippen molar-refractivity contribution in [1.29, 1.82) is 0 Å². The second-order valence-electron chi connectivity index (χ2n) is 4.77. The molecule has 106 valence electrons. The molecule has 2 rings (SSSR count). The maximum atomic E-state index is 13.4. The molecule has 20 heavy (non-hydrogen) atoms. The van der Waals surface area contributed by atoms with Crippen LogP contribution in [0.3, 0.4) is 0 Å². The van der Waals surface area contributed by atoms with Crippen LogP contribution in [0.1, 0.15) is 36.2 Å². The van der Waals surface area contributed by atoms with E-state index >= 15 is 0 Å². The topological polar surface area (TPSA) is 24.9 Å². The van der Waals surface area contributed by atoms with Gasteiger partial charge in [0.1, 0.15) is 11.6 Å². The first kappa shape index (κ1) is 14.6. The highest BCUT2D eigenvalue weighted by Gasteiger charge is 2.17. The predicted octanol–water partition coefficient (Wildman–Crippen LogP) is 3.76. The van der Waals surface area contributed by atoms with Crippen molar-refractivity contribution in [3.05, 3.63) is 65.0 Å². The van der Waals surface area contributed by atoms with Crippen molar-refractivity contribution < 1.29 is 8.78 Å². The van der Waals surface area contributed by atoms with E-state index in [4.69, 9.17) is 0 Å². The molecule has 1 aromatic heterocycles. The van der Waals surface area contributed by atoms with Gasteiger partial charge in [0.2, 0.25) is 0 Å². The summed E-state index contributed by atoms with van der Waals surface area (Å²) in [7, 11) is 0. The number of nitrogens with zero attached hydrogens (tertiary/aromatic N) is 1. The monoisotopic (exact) mass is 276 g/mol. The zero-order valence-corrected chi connectivity index (χ0v) is 11.7. The smallest absolute Gasteiger partial charge is 0.126 e. The maximum Gasteiger partial charge on any atom is 0.126 e. The third-order valence-corrected chi connectivity index (χ3v) is 3.18. The molecular weight excluding hydrogens is 258 g/mol. The number of hydrogen-bond acceptors (Lipinski definition) is 2. The summed E-state index contributed by atoms with van der Waals surface area (Å²) in [5.74, 6) is -1.13. The summed E-state index contributed by atoms with van der Waals surface area (Å²) < 4.78 is 26.9. The SMILES string of the molecule is CCCNC(c1cc(F)cc(F)c1)c1cccnc1C. The lowest BCUT2D eigenvalue weighted by atomic mass is 9.97. The molecule has 0 fully saturated rings. The van der Waals surface area contributed by atoms with Crippen LogP contribution in [0, 0.1) is 18.6 Å². The fourth-order valence-electron chi connectivity index (χ4n) is 2.24. The Kier molecular flexibility index (Phi) is 4.79. The van der Waals surface area contributed by atoms with Crippen LogP contribution in [-0.2, 0) is 0 Å². The first-order chi connectivity index (χ1) is 9.61. The van der Waals surface area contributed by atoms with Gasteiger partial charge in [0.05, 0.1) is 6.04 Å². The molecule has 4 heteroatoms. The van der Waals surface area contributed by atoms with Crippen LogP contribution in [0.15, 0.2) is 36.5 Å². The summed E-state index contributed by atoms with van der Waals surface area (Å²) in [4.78, 5) is 4.25. The van der Waals surface area contributed by atoms with Crippen LogP contribution in [0.2, 0.25) is 0 Å². The lowest BCUT2D eigenvalue weighted by Crippen LogP contribution is -2.24. The highest BCUT2D eigenvalue weighted by atomic mass is 19.1. The second kappa shape index (κ2) is 6.57. The summed E-state index contributed by atoms with van der Waals surface area (Å²) >= 11 is 0. The van der Waals surface area contributed by atoms with E-state index in [2.05, 4.69) is 10.3 Å². The van der Waals surface area contributed by atoms with Crippen LogP contribution in [0.25, 0.3) is 0 Å². The minimum Gasteiger partial charge on any atom is -0.306 e. The number of benzene rings is 1. The van der Waals surface area contributed by atoms with E-state index < -0.39 is 11.6 Å². The van der Waals surface area contributed by atoms with Crippen LogP contribution < -0.4 is 5.32 Å². The van der Waals surface area contributed by atoms with Gasteiger partial charge in [0, 0.05) is 18.0 Å². The molecule has 1 atom stereocenters. The zero-order chi connectivity index (χ0) is 14.5. The number of nitrogens with one attached hydrogen (secondary N) is 1. The fourth-order valence-corrected chi connectivity index (χ4v) is 2.24. The van der Waals surface area contributed by atoms with Crippen molar-refractivity contribution in [3.63, 3.8) is 0 Å². The van der Waals surface area contributed by atoms with Crippen LogP contribution >= 0.6 is 0 Å². The summed E-state index contributed by atoms with van der Waals surface area (Å²) in [6.45, 7) is 4.70. The van der Waals surface area contributed by atoms with Crippen molar-refractivity contribution in [1.82, 2.24) is 10.3 Å². The van der Waals surface area contributed by atoms with Crippen molar-refractivity contribution in [3.8, 4) is 0 Å². The second-order valence-corrected chi connectivity index (χ2v) is 4.77. The molecule has 0 radical (unpaired) electrons. The molecule has 0 aliphatic heterocycles. The number of hydrogen-bond donors (Lipinski definition) is 1. The Balaban J connectivity index is 2.44. The Morgan fingerprint density at radius 1 is 1.20 bits per heavy atom. The summed E-state index contributed by atoms with van der Waals surface area (Å²) in [5, 5.41) is 3.32. The molecule has 1 N–H and O–H groups in total. The van der Waals surface area contributed by atoms with Gasteiger partial charge < -0.3 is 5.32 Å². The summed E-state index contributed by atoms with van der Waals surface area (Å²) in [6, 6.07) is 7.12. The van der Waals surface area contributed by atoms with Gasteiger partial charge in [-0.2, -0.15) is 0 Å². The third-order valence-electron chi connectivity index (χ3n) is 3.18. The molecule has 2 nitrogen and oxygen atoms in total. The Morgan fingerprint density at radius 2 is 1.90 bits per heavy atom. The molecule has 0 spiro atoms. The van der Waals surface area contributed by atoms with Gasteiger partial charge in [-0.3, -0.25) is 4.98 Å². The molecule has 0 saturated heterocycles. The molecule has 2 aromatic rings. The van der Waals surface area contributed by atoms with Crippen LogP contribution in [-0.4, -0.2) is 11.5 Å². The van der Waals surface area contributed by atoms with Gasteiger partial charge >= 0.3 is 0 Å². The molecular formula is C16H18F2N2. The van der Waals surface area contributed by atoms with Gasteiger partial charge in [-0.15, -0.1) is 0 Å². The quantitative estimate of drug-likeness (QED) is 0.899. The van der Waals surface area contributed by atoms with E-state index in [9.17, 15) is 8.78 Å². The molecule has 0 aliphatic rings. The highest BCUT2D eigenvalue weighted by Crippen LogP contribution is 2.25. The Morgan fingerprint density at radius 3 is 2.50 bits per heavy atom. The average molecular weight is 276 g/mol. The Labute approximate surface area is 117 Å². The molecule has 1 unspecified atom stereocenters. The number of aromatic nitrogens is 1. The van der Waals surface area contributed by atoms with E-state index in [1.165, 1.54) is 12.1 Å². The molecule has 0 bridgehead atoms. The van der Waals surface area contributed by atoms with Gasteiger partial charge in [-0.1, -0.05) is 13.0 Å². The first-order valence-corrected chi connectivity index (χ1v) is 6.72. The predicted molar refractivity (Wildman–Crippen MR) is 75.5 cm³/mol. The maximum absolute atomic E-state index is 13.4. The fraction of sp³-hybridized carbons (Fsp3) is 0.312. The van der Waals surface area contributed by atoms with Gasteiger partial charge in [0.25, 0.3) is 0 Å². The zero-order valence-electron chi connectivity index (χ0n) is 11.7. The number of halogens is 2. The van der Waals surface area contributed by atoms with Crippen molar-refractivity contribution in [2.75, 3.05) is 6.54 Å². The highest BCUT2D eigenvalue weighted by molar-refractivity contribution is 5.34. The minimum absolute atomic E-state index is 0.256. The molecule has 1 aromatic carbocycles. The molecule has 0 amide bonds. The third kappa shape index (κ3) is 3.39. The van der Waals surface area contributed by atoms with Gasteiger partial charge in [-0.25, -0.2) is 8.78 Å². The normalized spacial score (nSPS) is 12.4. The Hall–Kier alpha value is -1.81. The number of rotatable bonds is 5. The standard InChI is InChI=1S/C16H18F2N2/c1-3-6-20-16(15-5-4-7-19-11(15)2)12-8-13(17)10-14(18)9-12/h4-5,7-10,16,20H,3,6H2,1-2H3. The van der Waals surface area contributed by atoms with Crippen molar-refractivity contribution >= 4 is 0 Å². The Bertz CT molecular complexity index is 564. The number of pyridine rings is 1. The van der Waals surface area contributed by atoms with Crippen LogP contribution in [0.4, 0.5) is 8.78 Å². The summed E-state index contributed by atoms with van der Waals surface area (Å²) in [6.07, 6.45) is 2.65. The number of aryl methyl sites for hydroxylation is 1. The van der Waals surface area contributed by atoms with E-state index in [1.807, 2.05) is 26.0 Å². The average Bonchev–Trinajstić information content (AvgIpc) is 2.40. The largest absolute Gasteiger partial charge is 0.306 e. The van der Waals surface area contributed by atoms with E-state index in [0.29, 0.717) is 5.56 Å². The van der Waals surface area contributed by atoms with E-state index in [1.54, 1.807) is 6.20 Å². The molecule has 1 heterocycles. The molecule has 0 saturated carbocycles. The van der Waals surface area contributed by atoms with Crippen molar-refractivity contribution in [2.24, 2.45) is 0 Å². The van der Waals surface area contributed by atoms with E-state index in [-0.39, 0.29) is 6.04 Å². The van der Waals surface area contributed by atoms with E-state index in [0.717, 1.165) is 30.3 Å². The van der Waals surface area contributed by atoms with Crippen molar-refractivity contribution in [2.45, 2.75) is 26.3 Å². The van der Waals surface area contributed by atoms with Gasteiger partial charge in [0.15, 0.2) is 0 Å². The minimum atomic E-state index is -0.565. The first-order valence-electron chi connectivity index (χ1n) is 6.72.